The predicted octanol–water partition coefficient (Wildman–Crippen LogP) is 3.08. The number of rotatable bonds is 6. The minimum atomic E-state index is -0.450. The summed E-state index contributed by atoms with van der Waals surface area (Å²) in [6.07, 6.45) is 3.48. The Bertz CT molecular complexity index is 506. The first-order valence-corrected chi connectivity index (χ1v) is 6.45. The summed E-state index contributed by atoms with van der Waals surface area (Å²) in [7, 11) is 0. The number of unbranched alkanes of at least 4 members (excludes halogenated alkanes) is 1. The molecule has 1 aromatic rings. The van der Waals surface area contributed by atoms with Crippen LogP contribution in [0.4, 0.5) is 5.69 Å². The summed E-state index contributed by atoms with van der Waals surface area (Å²) in [4.78, 5) is 11.8. The first kappa shape index (κ1) is 15.1. The van der Waals surface area contributed by atoms with E-state index >= 15 is 0 Å². The molecular weight excluding hydrogens is 262 g/mol. The Morgan fingerprint density at radius 2 is 2.32 bits per heavy atom. The first-order valence-electron chi connectivity index (χ1n) is 6.08. The maximum Gasteiger partial charge on any atom is 0.267 e. The molecule has 0 radical (unpaired) electrons. The Balaban J connectivity index is 2.62. The van der Waals surface area contributed by atoms with Crippen molar-refractivity contribution in [3.63, 3.8) is 0 Å². The van der Waals surface area contributed by atoms with Crippen LogP contribution in [-0.2, 0) is 4.79 Å². The Labute approximate surface area is 118 Å². The molecule has 100 valence electrons. The largest absolute Gasteiger partial charge is 0.390 e. The predicted molar refractivity (Wildman–Crippen MR) is 76.7 cm³/mol. The second-order valence-electron chi connectivity index (χ2n) is 3.94. The Morgan fingerprint density at radius 3 is 2.95 bits per heavy atom. The first-order chi connectivity index (χ1) is 9.17. The number of halogens is 1. The molecule has 0 aliphatic carbocycles. The van der Waals surface area contributed by atoms with Crippen molar-refractivity contribution in [2.75, 3.05) is 11.9 Å². The average Bonchev–Trinajstić information content (AvgIpc) is 2.38. The lowest BCUT2D eigenvalue weighted by molar-refractivity contribution is -0.112. The van der Waals surface area contributed by atoms with E-state index in [1.807, 2.05) is 6.07 Å². The zero-order valence-corrected chi connectivity index (χ0v) is 11.5. The fourth-order valence-corrected chi connectivity index (χ4v) is 1.56. The number of nitrogens with zero attached hydrogens (tertiary/aromatic N) is 1. The van der Waals surface area contributed by atoms with E-state index in [1.165, 1.54) is 6.20 Å². The van der Waals surface area contributed by atoms with Gasteiger partial charge >= 0.3 is 0 Å². The molecule has 0 bridgehead atoms. The molecule has 0 spiro atoms. The maximum atomic E-state index is 11.8. The van der Waals surface area contributed by atoms with Crippen molar-refractivity contribution >= 4 is 23.2 Å². The summed E-state index contributed by atoms with van der Waals surface area (Å²) in [5, 5.41) is 15.0. The van der Waals surface area contributed by atoms with E-state index in [-0.39, 0.29) is 5.57 Å². The van der Waals surface area contributed by atoms with Crippen molar-refractivity contribution in [1.29, 1.82) is 5.26 Å². The molecule has 0 aliphatic rings. The van der Waals surface area contributed by atoms with Crippen molar-refractivity contribution in [2.45, 2.75) is 19.8 Å². The van der Waals surface area contributed by atoms with E-state index < -0.39 is 5.91 Å². The highest BCUT2D eigenvalue weighted by Crippen LogP contribution is 2.15. The Hall–Kier alpha value is -1.99. The lowest BCUT2D eigenvalue weighted by Crippen LogP contribution is -2.17. The molecule has 19 heavy (non-hydrogen) atoms. The third kappa shape index (κ3) is 5.45. The number of anilines is 1. The molecule has 1 rings (SSSR count). The molecule has 0 atom stereocenters. The Kier molecular flexibility index (Phi) is 6.48. The Morgan fingerprint density at radius 1 is 1.53 bits per heavy atom. The van der Waals surface area contributed by atoms with Crippen molar-refractivity contribution in [3.8, 4) is 6.07 Å². The fraction of sp³-hybridized carbons (Fsp3) is 0.286. The number of nitriles is 1. The molecule has 0 aliphatic heterocycles. The van der Waals surface area contributed by atoms with E-state index in [4.69, 9.17) is 16.9 Å². The molecule has 0 heterocycles. The third-order valence-corrected chi connectivity index (χ3v) is 2.60. The topological polar surface area (TPSA) is 64.9 Å². The van der Waals surface area contributed by atoms with Gasteiger partial charge in [-0.15, -0.1) is 0 Å². The number of amides is 1. The highest BCUT2D eigenvalue weighted by molar-refractivity contribution is 6.31. The third-order valence-electron chi connectivity index (χ3n) is 2.37. The standard InChI is InChI=1S/C14H16ClN3O/c1-2-3-7-17-10-11(9-16)14(19)18-13-6-4-5-12(15)8-13/h4-6,8,10,17H,2-3,7H2,1H3,(H,18,19)/b11-10-. The van der Waals surface area contributed by atoms with Crippen LogP contribution < -0.4 is 10.6 Å². The highest BCUT2D eigenvalue weighted by Gasteiger charge is 2.08. The van der Waals surface area contributed by atoms with Gasteiger partial charge in [0, 0.05) is 23.5 Å². The van der Waals surface area contributed by atoms with Gasteiger partial charge in [-0.25, -0.2) is 0 Å². The molecule has 0 saturated heterocycles. The number of hydrogen-bond acceptors (Lipinski definition) is 3. The van der Waals surface area contributed by atoms with E-state index in [2.05, 4.69) is 17.6 Å². The molecule has 1 amide bonds. The zero-order chi connectivity index (χ0) is 14.1. The quantitative estimate of drug-likeness (QED) is 0.477. The number of benzene rings is 1. The van der Waals surface area contributed by atoms with Crippen molar-refractivity contribution in [3.05, 3.63) is 41.1 Å². The minimum Gasteiger partial charge on any atom is -0.390 e. The van der Waals surface area contributed by atoms with Crippen LogP contribution >= 0.6 is 11.6 Å². The molecule has 2 N–H and O–H groups in total. The van der Waals surface area contributed by atoms with Gasteiger partial charge in [0.25, 0.3) is 5.91 Å². The van der Waals surface area contributed by atoms with Crippen LogP contribution in [0, 0.1) is 11.3 Å². The molecule has 0 fully saturated rings. The van der Waals surface area contributed by atoms with Gasteiger partial charge in [-0.3, -0.25) is 4.79 Å². The lowest BCUT2D eigenvalue weighted by Gasteiger charge is -2.05. The molecule has 0 aromatic heterocycles. The highest BCUT2D eigenvalue weighted by atomic mass is 35.5. The van der Waals surface area contributed by atoms with Crippen molar-refractivity contribution in [2.24, 2.45) is 0 Å². The SMILES string of the molecule is CCCCN/C=C(/C#N)C(=O)Nc1cccc(Cl)c1. The minimum absolute atomic E-state index is 0.0380. The maximum absolute atomic E-state index is 11.8. The average molecular weight is 278 g/mol. The second kappa shape index (κ2) is 8.17. The molecule has 1 aromatic carbocycles. The fourth-order valence-electron chi connectivity index (χ4n) is 1.37. The number of hydrogen-bond donors (Lipinski definition) is 2. The smallest absolute Gasteiger partial charge is 0.267 e. The molecule has 0 saturated carbocycles. The normalized spacial score (nSPS) is 10.7. The molecule has 5 heteroatoms. The van der Waals surface area contributed by atoms with Gasteiger partial charge in [-0.05, 0) is 24.6 Å². The lowest BCUT2D eigenvalue weighted by atomic mass is 10.2. The van der Waals surface area contributed by atoms with Gasteiger partial charge < -0.3 is 10.6 Å². The van der Waals surface area contributed by atoms with Crippen molar-refractivity contribution < 1.29 is 4.79 Å². The monoisotopic (exact) mass is 277 g/mol. The van der Waals surface area contributed by atoms with Gasteiger partial charge in [-0.1, -0.05) is 31.0 Å². The number of carbonyl (C=O) groups excluding carboxylic acids is 1. The molecule has 0 unspecified atom stereocenters. The van der Waals surface area contributed by atoms with Gasteiger partial charge in [0.15, 0.2) is 0 Å². The summed E-state index contributed by atoms with van der Waals surface area (Å²) in [6.45, 7) is 2.81. The molecule has 4 nitrogen and oxygen atoms in total. The molecular formula is C14H16ClN3O. The van der Waals surface area contributed by atoms with Gasteiger partial charge in [-0.2, -0.15) is 5.26 Å². The van der Waals surface area contributed by atoms with E-state index in [0.29, 0.717) is 10.7 Å². The van der Waals surface area contributed by atoms with Crippen LogP contribution in [0.5, 0.6) is 0 Å². The van der Waals surface area contributed by atoms with Crippen LogP contribution in [-0.4, -0.2) is 12.5 Å². The van der Waals surface area contributed by atoms with Crippen LogP contribution in [0.15, 0.2) is 36.0 Å². The van der Waals surface area contributed by atoms with Crippen LogP contribution in [0.1, 0.15) is 19.8 Å². The van der Waals surface area contributed by atoms with Gasteiger partial charge in [0.2, 0.25) is 0 Å². The van der Waals surface area contributed by atoms with Gasteiger partial charge in [0.1, 0.15) is 11.6 Å². The van der Waals surface area contributed by atoms with E-state index in [0.717, 1.165) is 19.4 Å². The van der Waals surface area contributed by atoms with Crippen LogP contribution in [0.3, 0.4) is 0 Å². The van der Waals surface area contributed by atoms with Crippen LogP contribution in [0.2, 0.25) is 5.02 Å². The summed E-state index contributed by atoms with van der Waals surface area (Å²) >= 11 is 5.82. The van der Waals surface area contributed by atoms with Crippen molar-refractivity contribution in [1.82, 2.24) is 5.32 Å². The van der Waals surface area contributed by atoms with E-state index in [9.17, 15) is 4.79 Å². The zero-order valence-electron chi connectivity index (χ0n) is 10.7. The van der Waals surface area contributed by atoms with Crippen LogP contribution in [0.25, 0.3) is 0 Å². The summed E-state index contributed by atoms with van der Waals surface area (Å²) in [5.74, 6) is -0.450. The summed E-state index contributed by atoms with van der Waals surface area (Å²) in [6, 6.07) is 8.64. The second-order valence-corrected chi connectivity index (χ2v) is 4.38. The summed E-state index contributed by atoms with van der Waals surface area (Å²) in [5.41, 5.74) is 0.600. The number of nitrogens with one attached hydrogen (secondary N) is 2. The number of carbonyl (C=O) groups is 1. The van der Waals surface area contributed by atoms with Gasteiger partial charge in [0.05, 0.1) is 0 Å². The van der Waals surface area contributed by atoms with E-state index in [1.54, 1.807) is 24.3 Å². The summed E-state index contributed by atoms with van der Waals surface area (Å²) < 4.78 is 0.